The average Bonchev–Trinajstić information content (AvgIpc) is 2.92. The molecule has 1 saturated heterocycles. The largest absolute Gasteiger partial charge is 0.378 e. The minimum atomic E-state index is -0.0992. The Labute approximate surface area is 190 Å². The molecule has 0 bridgehead atoms. The number of aliphatic imine (C=N–C) groups is 1. The molecular weight excluding hydrogens is 406 g/mol. The lowest BCUT2D eigenvalue weighted by Gasteiger charge is -2.36. The Morgan fingerprint density at radius 1 is 0.871 bits per heavy atom. The summed E-state index contributed by atoms with van der Waals surface area (Å²) in [6.07, 6.45) is 0. The van der Waals surface area contributed by atoms with Crippen LogP contribution in [0, 0.1) is 0 Å². The number of benzene rings is 2. The monoisotopic (exact) mass is 439 g/mol. The second-order valence-electron chi connectivity index (χ2n) is 8.90. The number of ether oxygens (including phenoxy) is 2. The molecule has 0 amide bonds. The normalized spacial score (nSPS) is 17.0. The fraction of sp³-hybridized carbons (Fsp3) is 0.480. The molecule has 1 fully saturated rings. The third-order valence-electron chi connectivity index (χ3n) is 5.43. The van der Waals surface area contributed by atoms with Crippen LogP contribution in [0.4, 0.5) is 5.69 Å². The van der Waals surface area contributed by atoms with Gasteiger partial charge in [-0.25, -0.2) is 4.99 Å². The molecule has 2 aromatic carbocycles. The Balaban J connectivity index is 1.33. The van der Waals surface area contributed by atoms with Crippen LogP contribution in [0.5, 0.6) is 0 Å². The highest BCUT2D eigenvalue weighted by atomic mass is 32.2. The smallest absolute Gasteiger partial charge is 0.137 e. The van der Waals surface area contributed by atoms with Crippen molar-refractivity contribution < 1.29 is 9.47 Å². The van der Waals surface area contributed by atoms with E-state index in [2.05, 4.69) is 79.1 Å². The third-order valence-corrected chi connectivity index (χ3v) is 6.57. The van der Waals surface area contributed by atoms with Crippen LogP contribution in [0.1, 0.15) is 26.3 Å². The number of piperazine rings is 1. The van der Waals surface area contributed by atoms with Gasteiger partial charge >= 0.3 is 0 Å². The first kappa shape index (κ1) is 22.3. The van der Waals surface area contributed by atoms with E-state index in [9.17, 15) is 0 Å². The molecule has 166 valence electrons. The van der Waals surface area contributed by atoms with Gasteiger partial charge in [0.05, 0.1) is 31.1 Å². The molecule has 0 spiro atoms. The van der Waals surface area contributed by atoms with Gasteiger partial charge < -0.3 is 14.4 Å². The molecule has 0 saturated carbocycles. The molecule has 0 aromatic heterocycles. The van der Waals surface area contributed by atoms with E-state index in [0.29, 0.717) is 13.2 Å². The molecule has 31 heavy (non-hydrogen) atoms. The van der Waals surface area contributed by atoms with Crippen molar-refractivity contribution >= 4 is 23.3 Å². The molecule has 2 aliphatic rings. The van der Waals surface area contributed by atoms with Gasteiger partial charge in [0.15, 0.2) is 0 Å². The summed E-state index contributed by atoms with van der Waals surface area (Å²) < 4.78 is 11.5. The van der Waals surface area contributed by atoms with Crippen LogP contribution in [-0.2, 0) is 9.47 Å². The number of hydrogen-bond acceptors (Lipinski definition) is 6. The van der Waals surface area contributed by atoms with Gasteiger partial charge in [0, 0.05) is 48.1 Å². The molecule has 0 unspecified atom stereocenters. The zero-order valence-electron chi connectivity index (χ0n) is 18.8. The summed E-state index contributed by atoms with van der Waals surface area (Å²) in [7, 11) is 0. The van der Waals surface area contributed by atoms with Crippen molar-refractivity contribution in [1.82, 2.24) is 9.80 Å². The van der Waals surface area contributed by atoms with E-state index in [1.54, 1.807) is 0 Å². The zero-order valence-corrected chi connectivity index (χ0v) is 19.7. The predicted molar refractivity (Wildman–Crippen MR) is 128 cm³/mol. The molecule has 6 heteroatoms. The van der Waals surface area contributed by atoms with Gasteiger partial charge in [-0.05, 0) is 39.0 Å². The second kappa shape index (κ2) is 10.2. The van der Waals surface area contributed by atoms with E-state index >= 15 is 0 Å². The number of nitrogens with zero attached hydrogens (tertiary/aromatic N) is 3. The summed E-state index contributed by atoms with van der Waals surface area (Å²) in [6.45, 7) is 13.2. The summed E-state index contributed by atoms with van der Waals surface area (Å²) >= 11 is 1.81. The van der Waals surface area contributed by atoms with Gasteiger partial charge in [-0.1, -0.05) is 42.1 Å². The van der Waals surface area contributed by atoms with E-state index in [4.69, 9.17) is 14.5 Å². The Kier molecular flexibility index (Phi) is 7.33. The summed E-state index contributed by atoms with van der Waals surface area (Å²) in [5.41, 5.74) is 2.20. The molecule has 0 atom stereocenters. The van der Waals surface area contributed by atoms with Crippen LogP contribution in [0.25, 0.3) is 0 Å². The maximum atomic E-state index is 5.77. The minimum Gasteiger partial charge on any atom is -0.378 e. The summed E-state index contributed by atoms with van der Waals surface area (Å²) in [5, 5.41) is 0. The number of amidine groups is 1. The molecule has 5 nitrogen and oxygen atoms in total. The molecule has 2 heterocycles. The first-order valence-electron chi connectivity index (χ1n) is 11.1. The Bertz CT molecular complexity index is 902. The Hall–Kier alpha value is -1.86. The van der Waals surface area contributed by atoms with Crippen molar-refractivity contribution in [3.63, 3.8) is 0 Å². The molecule has 2 aliphatic heterocycles. The molecule has 0 N–H and O–H groups in total. The Morgan fingerprint density at radius 2 is 1.58 bits per heavy atom. The minimum absolute atomic E-state index is 0.0992. The van der Waals surface area contributed by atoms with Gasteiger partial charge in [-0.2, -0.15) is 0 Å². The zero-order chi connectivity index (χ0) is 21.7. The number of fused-ring (bicyclic) bond motifs is 2. The van der Waals surface area contributed by atoms with Crippen molar-refractivity contribution in [3.8, 4) is 0 Å². The fourth-order valence-corrected chi connectivity index (χ4v) is 4.81. The van der Waals surface area contributed by atoms with Crippen molar-refractivity contribution in [2.24, 2.45) is 4.99 Å². The lowest BCUT2D eigenvalue weighted by molar-refractivity contribution is -0.0374. The topological polar surface area (TPSA) is 37.3 Å². The van der Waals surface area contributed by atoms with Crippen LogP contribution in [0.15, 0.2) is 63.3 Å². The van der Waals surface area contributed by atoms with E-state index in [-0.39, 0.29) is 5.60 Å². The quantitative estimate of drug-likeness (QED) is 0.611. The number of para-hydroxylation sites is 1. The molecule has 0 radical (unpaired) electrons. The van der Waals surface area contributed by atoms with Crippen molar-refractivity contribution in [2.75, 3.05) is 52.5 Å². The predicted octanol–water partition coefficient (Wildman–Crippen LogP) is 4.68. The third kappa shape index (κ3) is 6.10. The molecule has 2 aromatic rings. The highest BCUT2D eigenvalue weighted by Gasteiger charge is 2.25. The highest BCUT2D eigenvalue weighted by molar-refractivity contribution is 7.99. The van der Waals surface area contributed by atoms with E-state index in [1.807, 2.05) is 11.8 Å². The van der Waals surface area contributed by atoms with Gasteiger partial charge in [0.1, 0.15) is 5.84 Å². The molecule has 4 rings (SSSR count). The van der Waals surface area contributed by atoms with Crippen molar-refractivity contribution in [1.29, 1.82) is 0 Å². The fourth-order valence-electron chi connectivity index (χ4n) is 3.80. The summed E-state index contributed by atoms with van der Waals surface area (Å²) in [6, 6.07) is 17.1. The average molecular weight is 440 g/mol. The molecular formula is C25H33N3O2S. The first-order valence-corrected chi connectivity index (χ1v) is 12.0. The highest BCUT2D eigenvalue weighted by Crippen LogP contribution is 2.40. The van der Waals surface area contributed by atoms with Crippen LogP contribution < -0.4 is 0 Å². The van der Waals surface area contributed by atoms with Gasteiger partial charge in [-0.3, -0.25) is 4.90 Å². The number of rotatable bonds is 6. The Morgan fingerprint density at radius 3 is 2.35 bits per heavy atom. The van der Waals surface area contributed by atoms with Crippen LogP contribution in [0.3, 0.4) is 0 Å². The second-order valence-corrected chi connectivity index (χ2v) is 9.99. The van der Waals surface area contributed by atoms with E-state index in [0.717, 1.165) is 50.9 Å². The number of hydrogen-bond donors (Lipinski definition) is 0. The van der Waals surface area contributed by atoms with Crippen molar-refractivity contribution in [3.05, 3.63) is 54.1 Å². The first-order chi connectivity index (χ1) is 15.0. The maximum absolute atomic E-state index is 5.77. The van der Waals surface area contributed by atoms with E-state index in [1.165, 1.54) is 15.4 Å². The SMILES string of the molecule is CC(C)(C)OCCOCCN1CCN(C2=Nc3ccccc3Sc3ccccc32)CC1. The van der Waals surface area contributed by atoms with Crippen LogP contribution >= 0.6 is 11.8 Å². The maximum Gasteiger partial charge on any atom is 0.137 e. The lowest BCUT2D eigenvalue weighted by atomic mass is 10.1. The standard InChI is InChI=1S/C25H33N3O2S/c1-25(2,3)30-19-18-29-17-16-27-12-14-28(15-13-27)24-20-8-4-6-10-22(20)31-23-11-7-5-9-21(23)26-24/h4-11H,12-19H2,1-3H3. The molecule has 0 aliphatic carbocycles. The van der Waals surface area contributed by atoms with E-state index < -0.39 is 0 Å². The van der Waals surface area contributed by atoms with Gasteiger partial charge in [-0.15, -0.1) is 0 Å². The summed E-state index contributed by atoms with van der Waals surface area (Å²) in [5.74, 6) is 1.10. The van der Waals surface area contributed by atoms with Crippen LogP contribution in [-0.4, -0.2) is 73.8 Å². The van der Waals surface area contributed by atoms with Crippen molar-refractivity contribution in [2.45, 2.75) is 36.2 Å². The lowest BCUT2D eigenvalue weighted by Crippen LogP contribution is -2.49. The van der Waals surface area contributed by atoms with Gasteiger partial charge in [0.2, 0.25) is 0 Å². The van der Waals surface area contributed by atoms with Crippen LogP contribution in [0.2, 0.25) is 0 Å². The summed E-state index contributed by atoms with van der Waals surface area (Å²) in [4.78, 5) is 12.5. The van der Waals surface area contributed by atoms with Gasteiger partial charge in [0.25, 0.3) is 0 Å².